The smallest absolute Gasteiger partial charge is 0.326 e. The zero-order chi connectivity index (χ0) is 40.5. The van der Waals surface area contributed by atoms with Gasteiger partial charge in [0.25, 0.3) is 0 Å². The fourth-order valence-corrected chi connectivity index (χ4v) is 5.69. The summed E-state index contributed by atoms with van der Waals surface area (Å²) in [6.45, 7) is 1.29. The van der Waals surface area contributed by atoms with E-state index in [-0.39, 0.29) is 50.7 Å². The molecular weight excluding hydrogens is 712 g/mol. The molecule has 54 heavy (non-hydrogen) atoms. The maximum Gasteiger partial charge on any atom is 0.326 e. The number of aliphatic hydroxyl groups excluding tert-OH is 1. The van der Waals surface area contributed by atoms with E-state index in [2.05, 4.69) is 21.3 Å². The molecule has 1 saturated heterocycles. The van der Waals surface area contributed by atoms with Gasteiger partial charge in [0.1, 0.15) is 36.3 Å². The molecule has 1 aliphatic rings. The van der Waals surface area contributed by atoms with E-state index in [9.17, 15) is 63.6 Å². The normalized spacial score (nSPS) is 16.9. The molecule has 0 spiro atoms. The van der Waals surface area contributed by atoms with Gasteiger partial charge < -0.3 is 56.0 Å². The lowest BCUT2D eigenvalue weighted by molar-refractivity contribution is -0.143. The Hall–Kier alpha value is -4.45. The highest BCUT2D eigenvalue weighted by Gasteiger charge is 2.44. The number of unbranched alkanes of at least 4 members (excludes halogenated alkanes) is 10. The highest BCUT2D eigenvalue weighted by atomic mass is 16.7. The van der Waals surface area contributed by atoms with Crippen molar-refractivity contribution in [1.82, 2.24) is 21.3 Å². The summed E-state index contributed by atoms with van der Waals surface area (Å²) in [5, 5.41) is 47.7. The molecule has 1 fully saturated rings. The summed E-state index contributed by atoms with van der Waals surface area (Å²) in [6, 6.07) is -5.05. The van der Waals surface area contributed by atoms with Crippen molar-refractivity contribution in [2.75, 3.05) is 0 Å². The number of hydrogen-bond donors (Lipinski definition) is 8. The summed E-state index contributed by atoms with van der Waals surface area (Å²) in [6.07, 6.45) is 7.50. The van der Waals surface area contributed by atoms with Gasteiger partial charge in [0.05, 0.1) is 6.04 Å². The molecule has 4 amide bonds. The average molecular weight is 771 g/mol. The molecule has 8 N–H and O–H groups in total. The van der Waals surface area contributed by atoms with Crippen LogP contribution in [0.5, 0.6) is 0 Å². The van der Waals surface area contributed by atoms with Crippen LogP contribution in [0.25, 0.3) is 0 Å². The third kappa shape index (κ3) is 22.6. The first-order chi connectivity index (χ1) is 25.6. The molecular formula is C36H58N4O14. The van der Waals surface area contributed by atoms with Crippen LogP contribution < -0.4 is 21.3 Å². The Balaban J connectivity index is 2.45. The van der Waals surface area contributed by atoms with Crippen molar-refractivity contribution in [1.29, 1.82) is 0 Å². The number of aliphatic carboxylic acids is 3. The number of Topliss-reactive ketones (excluding diaryl/α,β-unsaturated/α-hetero) is 1. The number of epoxide rings is 1. The first-order valence-corrected chi connectivity index (χ1v) is 18.8. The van der Waals surface area contributed by atoms with Crippen molar-refractivity contribution >= 4 is 53.6 Å². The largest absolute Gasteiger partial charge is 0.480 e. The predicted molar refractivity (Wildman–Crippen MR) is 191 cm³/mol. The van der Waals surface area contributed by atoms with E-state index in [1.807, 2.05) is 0 Å². The molecule has 1 heterocycles. The molecule has 306 valence electrons. The van der Waals surface area contributed by atoms with Gasteiger partial charge in [0.15, 0.2) is 6.29 Å². The second-order valence-corrected chi connectivity index (χ2v) is 13.6. The molecule has 1 rings (SSSR count). The van der Waals surface area contributed by atoms with Crippen molar-refractivity contribution in [3.05, 3.63) is 0 Å². The van der Waals surface area contributed by atoms with E-state index in [0.717, 1.165) is 64.1 Å². The minimum atomic E-state index is -1.51. The standard InChI is InChI=1S/C36H58N4O14/c1-23(42)14-15-25(33(47)48)39-30(45)19-16-24(32-36(53)54-32)37-29(44)20-17-27(35(51)52)40-31(46)21-18-26(34(49)50)38-28(43)13-11-9-7-5-3-2-4-6-8-10-12-22-41/h22,24-27,32,36,53H,2-21H2,1H3,(H,37,44)(H,38,43)(H,39,45)(H,40,46)(H,47,48)(H,49,50)(H,51,52)/t24-,25-,26?,27-,32?,36?/m0/s1. The van der Waals surface area contributed by atoms with Crippen molar-refractivity contribution in [2.45, 2.75) is 172 Å². The number of carboxylic acid groups (broad SMARTS) is 3. The van der Waals surface area contributed by atoms with Gasteiger partial charge in [0, 0.05) is 38.5 Å². The molecule has 18 heteroatoms. The predicted octanol–water partition coefficient (Wildman–Crippen LogP) is 1.49. The minimum Gasteiger partial charge on any atom is -0.480 e. The van der Waals surface area contributed by atoms with E-state index in [4.69, 9.17) is 4.74 Å². The Bertz CT molecular complexity index is 1260. The van der Waals surface area contributed by atoms with Gasteiger partial charge in [-0.3, -0.25) is 19.2 Å². The number of ketones is 1. The molecule has 0 aromatic carbocycles. The van der Waals surface area contributed by atoms with E-state index < -0.39 is 90.9 Å². The number of carboxylic acids is 3. The quantitative estimate of drug-likeness (QED) is 0.0267. The number of aldehydes is 1. The molecule has 3 unspecified atom stereocenters. The maximum absolute atomic E-state index is 12.7. The van der Waals surface area contributed by atoms with Gasteiger partial charge >= 0.3 is 17.9 Å². The first kappa shape index (κ1) is 47.6. The number of aliphatic hydroxyl groups is 1. The van der Waals surface area contributed by atoms with Crippen LogP contribution in [0.1, 0.15) is 135 Å². The Morgan fingerprint density at radius 1 is 0.537 bits per heavy atom. The summed E-state index contributed by atoms with van der Waals surface area (Å²) < 4.78 is 5.01. The third-order valence-electron chi connectivity index (χ3n) is 8.91. The molecule has 0 saturated carbocycles. The fraction of sp³-hybridized carbons (Fsp3) is 0.750. The summed E-state index contributed by atoms with van der Waals surface area (Å²) >= 11 is 0. The molecule has 0 aromatic rings. The van der Waals surface area contributed by atoms with Crippen LogP contribution in [0.3, 0.4) is 0 Å². The summed E-state index contributed by atoms with van der Waals surface area (Å²) in [4.78, 5) is 106. The Morgan fingerprint density at radius 3 is 1.28 bits per heavy atom. The van der Waals surface area contributed by atoms with Gasteiger partial charge in [0.2, 0.25) is 23.6 Å². The topological polar surface area (TPSA) is 295 Å². The van der Waals surface area contributed by atoms with Crippen molar-refractivity contribution in [3.63, 3.8) is 0 Å². The van der Waals surface area contributed by atoms with Gasteiger partial charge in [-0.2, -0.15) is 0 Å². The van der Waals surface area contributed by atoms with Crippen molar-refractivity contribution in [3.8, 4) is 0 Å². The number of amides is 4. The lowest BCUT2D eigenvalue weighted by atomic mass is 10.0. The SMILES string of the molecule is CC(=O)CC[C@H](NC(=O)CC[C@H](NC(=O)CC[C@H](NC(=O)CCC(NC(=O)CCCCCCCCCCCCC=O)C(=O)O)C(=O)O)C1OC1O)C(=O)O. The summed E-state index contributed by atoms with van der Waals surface area (Å²) in [7, 11) is 0. The highest BCUT2D eigenvalue weighted by Crippen LogP contribution is 2.25. The second kappa shape index (κ2) is 27.2. The van der Waals surface area contributed by atoms with Crippen LogP contribution in [-0.4, -0.2) is 111 Å². The lowest BCUT2D eigenvalue weighted by Gasteiger charge is -2.19. The van der Waals surface area contributed by atoms with Crippen LogP contribution in [0.4, 0.5) is 0 Å². The average Bonchev–Trinajstić information content (AvgIpc) is 3.84. The van der Waals surface area contributed by atoms with E-state index in [1.165, 1.54) is 6.92 Å². The molecule has 0 aromatic heterocycles. The minimum absolute atomic E-state index is 0.0500. The Kier molecular flexibility index (Phi) is 23.9. The number of carbonyl (C=O) groups is 9. The fourth-order valence-electron chi connectivity index (χ4n) is 5.69. The molecule has 0 bridgehead atoms. The van der Waals surface area contributed by atoms with Crippen LogP contribution >= 0.6 is 0 Å². The number of ether oxygens (including phenoxy) is 1. The van der Waals surface area contributed by atoms with Gasteiger partial charge in [-0.05, 0) is 45.4 Å². The molecule has 6 atom stereocenters. The molecule has 1 aliphatic heterocycles. The number of hydrogen-bond acceptors (Lipinski definition) is 11. The Labute approximate surface area is 314 Å². The van der Waals surface area contributed by atoms with Gasteiger partial charge in [-0.15, -0.1) is 0 Å². The summed E-state index contributed by atoms with van der Waals surface area (Å²) in [5.41, 5.74) is 0. The highest BCUT2D eigenvalue weighted by molar-refractivity contribution is 5.87. The first-order valence-electron chi connectivity index (χ1n) is 18.8. The second-order valence-electron chi connectivity index (χ2n) is 13.6. The maximum atomic E-state index is 12.7. The lowest BCUT2D eigenvalue weighted by Crippen LogP contribution is -2.45. The monoisotopic (exact) mass is 770 g/mol. The van der Waals surface area contributed by atoms with E-state index in [1.54, 1.807) is 0 Å². The zero-order valence-corrected chi connectivity index (χ0v) is 31.1. The Morgan fingerprint density at radius 2 is 0.889 bits per heavy atom. The third-order valence-corrected chi connectivity index (χ3v) is 8.91. The number of nitrogens with one attached hydrogen (secondary N) is 4. The molecule has 0 aliphatic carbocycles. The zero-order valence-electron chi connectivity index (χ0n) is 31.1. The van der Waals surface area contributed by atoms with Gasteiger partial charge in [-0.1, -0.05) is 51.4 Å². The van der Waals surface area contributed by atoms with Crippen LogP contribution in [0.2, 0.25) is 0 Å². The van der Waals surface area contributed by atoms with Crippen LogP contribution in [0.15, 0.2) is 0 Å². The number of rotatable bonds is 33. The van der Waals surface area contributed by atoms with Crippen molar-refractivity contribution in [2.24, 2.45) is 0 Å². The van der Waals surface area contributed by atoms with Crippen molar-refractivity contribution < 1.29 is 68.3 Å². The van der Waals surface area contributed by atoms with Gasteiger partial charge in [-0.25, -0.2) is 14.4 Å². The van der Waals surface area contributed by atoms with E-state index >= 15 is 0 Å². The van der Waals surface area contributed by atoms with E-state index in [0.29, 0.717) is 12.8 Å². The molecule has 0 radical (unpaired) electrons. The molecule has 18 nitrogen and oxygen atoms in total. The number of carbonyl (C=O) groups excluding carboxylic acids is 6. The van der Waals surface area contributed by atoms with Crippen LogP contribution in [-0.2, 0) is 47.9 Å². The van der Waals surface area contributed by atoms with Crippen LogP contribution in [0, 0.1) is 0 Å². The summed E-state index contributed by atoms with van der Waals surface area (Å²) in [5.74, 6) is -6.98.